The van der Waals surface area contributed by atoms with Crippen LogP contribution >= 0.6 is 0 Å². The van der Waals surface area contributed by atoms with E-state index in [1.54, 1.807) is 12.1 Å². The van der Waals surface area contributed by atoms with Gasteiger partial charge in [0, 0.05) is 24.6 Å². The maximum absolute atomic E-state index is 11.8. The lowest BCUT2D eigenvalue weighted by atomic mass is 9.96. The van der Waals surface area contributed by atoms with E-state index in [1.807, 2.05) is 26.0 Å². The van der Waals surface area contributed by atoms with Gasteiger partial charge < -0.3 is 10.6 Å². The van der Waals surface area contributed by atoms with E-state index in [9.17, 15) is 8.42 Å². The second kappa shape index (κ2) is 7.23. The van der Waals surface area contributed by atoms with Gasteiger partial charge >= 0.3 is 0 Å². The molecule has 0 aliphatic carbocycles. The van der Waals surface area contributed by atoms with Gasteiger partial charge in [-0.3, -0.25) is 0 Å². The van der Waals surface area contributed by atoms with Gasteiger partial charge in [-0.15, -0.1) is 0 Å². The summed E-state index contributed by atoms with van der Waals surface area (Å²) < 4.78 is 23.7. The second-order valence-corrected chi connectivity index (χ2v) is 9.09. The zero-order chi connectivity index (χ0) is 18.9. The predicted octanol–water partition coefficient (Wildman–Crippen LogP) is 3.20. The van der Waals surface area contributed by atoms with Crippen molar-refractivity contribution in [3.63, 3.8) is 0 Å². The van der Waals surface area contributed by atoms with Gasteiger partial charge in [0.1, 0.15) is 5.82 Å². The minimum atomic E-state index is -3.21. The summed E-state index contributed by atoms with van der Waals surface area (Å²) in [6.07, 6.45) is 5.65. The van der Waals surface area contributed by atoms with E-state index < -0.39 is 9.84 Å². The molecule has 1 fully saturated rings. The highest BCUT2D eigenvalue weighted by molar-refractivity contribution is 7.90. The monoisotopic (exact) mass is 374 g/mol. The number of nitrogens with two attached hydrogens (primary N) is 1. The van der Waals surface area contributed by atoms with Crippen molar-refractivity contribution in [2.45, 2.75) is 50.5 Å². The third kappa shape index (κ3) is 3.98. The average molecular weight is 375 g/mol. The average Bonchev–Trinajstić information content (AvgIpc) is 2.78. The van der Waals surface area contributed by atoms with Crippen LogP contribution < -0.4 is 10.6 Å². The molecular weight excluding hydrogens is 348 g/mol. The Bertz CT molecular complexity index is 892. The summed E-state index contributed by atoms with van der Waals surface area (Å²) >= 11 is 0. The van der Waals surface area contributed by atoms with Crippen LogP contribution in [-0.2, 0) is 9.84 Å². The first kappa shape index (κ1) is 18.6. The Hall–Kier alpha value is -2.15. The molecule has 1 aromatic carbocycles. The van der Waals surface area contributed by atoms with Crippen molar-refractivity contribution in [2.24, 2.45) is 0 Å². The first-order chi connectivity index (χ1) is 12.3. The van der Waals surface area contributed by atoms with E-state index >= 15 is 0 Å². The number of sulfone groups is 1. The molecule has 1 aliphatic heterocycles. The van der Waals surface area contributed by atoms with Gasteiger partial charge in [-0.1, -0.05) is 18.9 Å². The first-order valence-electron chi connectivity index (χ1n) is 8.94. The Morgan fingerprint density at radius 2 is 1.88 bits per heavy atom. The molecule has 0 radical (unpaired) electrons. The molecule has 26 heavy (non-hydrogen) atoms. The number of nitrogen functional groups attached to an aromatic ring is 1. The molecule has 7 heteroatoms. The van der Waals surface area contributed by atoms with E-state index in [0.29, 0.717) is 4.90 Å². The van der Waals surface area contributed by atoms with E-state index in [-0.39, 0.29) is 12.0 Å². The highest BCUT2D eigenvalue weighted by Gasteiger charge is 2.26. The van der Waals surface area contributed by atoms with Crippen molar-refractivity contribution < 1.29 is 8.42 Å². The quantitative estimate of drug-likeness (QED) is 0.887. The van der Waals surface area contributed by atoms with Crippen LogP contribution in [0.4, 0.5) is 11.8 Å². The Labute approximate surface area is 155 Å². The smallest absolute Gasteiger partial charge is 0.222 e. The van der Waals surface area contributed by atoms with Crippen LogP contribution in [0.5, 0.6) is 0 Å². The van der Waals surface area contributed by atoms with Crippen LogP contribution in [0.1, 0.15) is 48.5 Å². The van der Waals surface area contributed by atoms with Crippen LogP contribution in [0.15, 0.2) is 29.2 Å². The van der Waals surface area contributed by atoms with Crippen LogP contribution in [0, 0.1) is 13.8 Å². The predicted molar refractivity (Wildman–Crippen MR) is 104 cm³/mol. The standard InChI is InChI=1S/C19H26N4O2S/c1-13-11-15(26(3,24)25)8-9-16(13)17-7-5-4-6-10-23(17)18-12-14(2)21-19(20)22-18/h8-9,11-12,17H,4-7,10H2,1-3H3,(H2,20,21,22)/t17-/m0/s1. The van der Waals surface area contributed by atoms with E-state index in [4.69, 9.17) is 5.73 Å². The molecule has 0 spiro atoms. The molecule has 0 unspecified atom stereocenters. The number of benzene rings is 1. The summed E-state index contributed by atoms with van der Waals surface area (Å²) in [5.74, 6) is 1.13. The summed E-state index contributed by atoms with van der Waals surface area (Å²) in [7, 11) is -3.21. The van der Waals surface area contributed by atoms with Gasteiger partial charge in [-0.25, -0.2) is 13.4 Å². The molecule has 1 atom stereocenters. The van der Waals surface area contributed by atoms with Crippen molar-refractivity contribution in [2.75, 3.05) is 23.4 Å². The van der Waals surface area contributed by atoms with Gasteiger partial charge in [0.25, 0.3) is 0 Å². The number of hydrogen-bond acceptors (Lipinski definition) is 6. The first-order valence-corrected chi connectivity index (χ1v) is 10.8. The van der Waals surface area contributed by atoms with E-state index in [1.165, 1.54) is 12.7 Å². The van der Waals surface area contributed by atoms with Crippen LogP contribution in [0.2, 0.25) is 0 Å². The van der Waals surface area contributed by atoms with Gasteiger partial charge in [0.05, 0.1) is 10.9 Å². The summed E-state index contributed by atoms with van der Waals surface area (Å²) in [5.41, 5.74) is 8.86. The summed E-state index contributed by atoms with van der Waals surface area (Å²) in [6.45, 7) is 4.79. The normalized spacial score (nSPS) is 18.6. The van der Waals surface area contributed by atoms with Crippen molar-refractivity contribution in [1.29, 1.82) is 0 Å². The second-order valence-electron chi connectivity index (χ2n) is 7.07. The Morgan fingerprint density at radius 1 is 1.12 bits per heavy atom. The van der Waals surface area contributed by atoms with Crippen molar-refractivity contribution in [3.05, 3.63) is 41.1 Å². The summed E-state index contributed by atoms with van der Waals surface area (Å²) in [6, 6.07) is 7.55. The molecule has 3 rings (SSSR count). The zero-order valence-corrected chi connectivity index (χ0v) is 16.4. The third-order valence-electron chi connectivity index (χ3n) is 4.93. The number of hydrogen-bond donors (Lipinski definition) is 1. The molecule has 1 saturated heterocycles. The van der Waals surface area contributed by atoms with E-state index in [2.05, 4.69) is 14.9 Å². The maximum atomic E-state index is 11.8. The molecule has 0 bridgehead atoms. The minimum Gasteiger partial charge on any atom is -0.368 e. The summed E-state index contributed by atoms with van der Waals surface area (Å²) in [5, 5.41) is 0. The van der Waals surface area contributed by atoms with Crippen LogP contribution in [0.25, 0.3) is 0 Å². The fourth-order valence-corrected chi connectivity index (χ4v) is 4.39. The fraction of sp³-hybridized carbons (Fsp3) is 0.474. The van der Waals surface area contributed by atoms with Crippen LogP contribution in [-0.4, -0.2) is 31.2 Å². The molecule has 1 aliphatic rings. The van der Waals surface area contributed by atoms with Crippen molar-refractivity contribution in [3.8, 4) is 0 Å². The summed E-state index contributed by atoms with van der Waals surface area (Å²) in [4.78, 5) is 11.3. The Kier molecular flexibility index (Phi) is 5.18. The van der Waals surface area contributed by atoms with E-state index in [0.717, 1.165) is 48.4 Å². The number of aryl methyl sites for hydroxylation is 2. The van der Waals surface area contributed by atoms with Gasteiger partial charge in [0.2, 0.25) is 5.95 Å². The highest BCUT2D eigenvalue weighted by Crippen LogP contribution is 2.35. The third-order valence-corrected chi connectivity index (χ3v) is 6.04. The number of aromatic nitrogens is 2. The topological polar surface area (TPSA) is 89.2 Å². The number of rotatable bonds is 3. The molecule has 1 aromatic heterocycles. The zero-order valence-electron chi connectivity index (χ0n) is 15.6. The lowest BCUT2D eigenvalue weighted by Gasteiger charge is -2.32. The molecule has 140 valence electrons. The minimum absolute atomic E-state index is 0.153. The molecule has 2 heterocycles. The van der Waals surface area contributed by atoms with Crippen molar-refractivity contribution in [1.82, 2.24) is 9.97 Å². The van der Waals surface area contributed by atoms with Crippen LogP contribution in [0.3, 0.4) is 0 Å². The molecular formula is C19H26N4O2S. The lowest BCUT2D eigenvalue weighted by Crippen LogP contribution is -2.30. The molecule has 0 amide bonds. The van der Waals surface area contributed by atoms with Crippen molar-refractivity contribution >= 4 is 21.6 Å². The lowest BCUT2D eigenvalue weighted by molar-refractivity contribution is 0.591. The highest BCUT2D eigenvalue weighted by atomic mass is 32.2. The number of anilines is 2. The molecule has 6 nitrogen and oxygen atoms in total. The number of nitrogens with zero attached hydrogens (tertiary/aromatic N) is 3. The fourth-order valence-electron chi connectivity index (χ4n) is 3.68. The Balaban J connectivity index is 2.05. The van der Waals surface area contributed by atoms with Gasteiger partial charge in [0.15, 0.2) is 9.84 Å². The van der Waals surface area contributed by atoms with Gasteiger partial charge in [-0.05, 0) is 49.9 Å². The molecule has 2 aromatic rings. The molecule has 2 N–H and O–H groups in total. The largest absolute Gasteiger partial charge is 0.368 e. The Morgan fingerprint density at radius 3 is 2.54 bits per heavy atom. The van der Waals surface area contributed by atoms with Gasteiger partial charge in [-0.2, -0.15) is 4.98 Å². The SMILES string of the molecule is Cc1cc(N2CCCCC[C@H]2c2ccc(S(C)(=O)=O)cc2C)nc(N)n1. The maximum Gasteiger partial charge on any atom is 0.222 e. The molecule has 0 saturated carbocycles.